The van der Waals surface area contributed by atoms with E-state index in [9.17, 15) is 20.1 Å². The molecule has 2 aromatic heterocycles. The van der Waals surface area contributed by atoms with E-state index in [0.717, 1.165) is 75.7 Å². The van der Waals surface area contributed by atoms with Crippen LogP contribution in [-0.2, 0) is 22.4 Å². The molecule has 62 heavy (non-hydrogen) atoms. The minimum atomic E-state index is -1.08. The Morgan fingerprint density at radius 3 is 2.77 bits per heavy atom. The molecular weight excluding hydrogens is 817 g/mol. The Bertz CT molecular complexity index is 2660. The van der Waals surface area contributed by atoms with Gasteiger partial charge in [-0.3, -0.25) is 10.1 Å². The van der Waals surface area contributed by atoms with Crippen molar-refractivity contribution in [3.05, 3.63) is 106 Å². The van der Waals surface area contributed by atoms with Crippen molar-refractivity contribution in [3.63, 3.8) is 0 Å². The van der Waals surface area contributed by atoms with Crippen LogP contribution in [0.1, 0.15) is 115 Å². The third-order valence-electron chi connectivity index (χ3n) is 14.8. The summed E-state index contributed by atoms with van der Waals surface area (Å²) in [6, 6.07) is 8.05. The number of nitrogens with zero attached hydrogens (tertiary/aromatic N) is 1. The van der Waals surface area contributed by atoms with Crippen LogP contribution in [0.3, 0.4) is 0 Å². The third kappa shape index (κ3) is 6.68. The summed E-state index contributed by atoms with van der Waals surface area (Å²) in [7, 11) is 3.53. The molecule has 5 aliphatic heterocycles. The fourth-order valence-electron chi connectivity index (χ4n) is 11.5. The van der Waals surface area contributed by atoms with E-state index >= 15 is 0 Å². The number of hydrogen-bond acceptors (Lipinski definition) is 10. The quantitative estimate of drug-likeness (QED) is 0.0659. The van der Waals surface area contributed by atoms with Crippen LogP contribution in [0.25, 0.3) is 10.9 Å². The van der Waals surface area contributed by atoms with Gasteiger partial charge in [-0.05, 0) is 71.0 Å². The molecule has 0 unspecified atom stereocenters. The number of H-pyrrole nitrogens is 1. The second-order valence-corrected chi connectivity index (χ2v) is 21.1. The average molecular weight is 869 g/mol. The first-order valence-corrected chi connectivity index (χ1v) is 24.6. The maximum absolute atomic E-state index is 13.6. The lowest BCUT2D eigenvalue weighted by Crippen LogP contribution is -2.50. The number of fused-ring (bicyclic) bond motifs is 4. The standard InChI is InChI=1S/C50H52N4O6S2/c1-28-4-8-32(41(57)20-28)42(58)21-30(55)7-5-29-6-13-43-46-37(29)25-61-62-27-50-17-14-31-35-22-52-39-24-54(23-36(35)39)48(60-46)38(49(18-19-59-43)15-2-3-16-49)11-12-40(56)33-9-10-34(45(50)44(31)33)47(51)53-26-50/h4,6,8-10,13-14,17,22-24,28,31-32,38,40-42,47-48,52-53,56-58H,2-3,5,7,15-16,20-21,25-27,51H2,1H3/t28-,31-,32-,38-,40+,41-,42+,47+,48+,50+/m1/s1. The Labute approximate surface area is 369 Å². The van der Waals surface area contributed by atoms with Gasteiger partial charge in [0, 0.05) is 77.7 Å². The molecule has 0 saturated heterocycles. The van der Waals surface area contributed by atoms with E-state index in [1.807, 2.05) is 37.3 Å². The Morgan fingerprint density at radius 2 is 1.92 bits per heavy atom. The van der Waals surface area contributed by atoms with Crippen LogP contribution >= 0.6 is 21.6 Å². The topological polar surface area (TPSA) is 155 Å². The Hall–Kier alpha value is -4.37. The van der Waals surface area contributed by atoms with E-state index in [-0.39, 0.29) is 36.6 Å². The molecule has 7 N–H and O–H groups in total. The zero-order valence-corrected chi connectivity index (χ0v) is 36.4. The van der Waals surface area contributed by atoms with Gasteiger partial charge in [0.25, 0.3) is 0 Å². The van der Waals surface area contributed by atoms with E-state index in [0.29, 0.717) is 36.6 Å². The van der Waals surface area contributed by atoms with Crippen LogP contribution in [0, 0.1) is 47.0 Å². The minimum absolute atomic E-state index is 0.0288. The van der Waals surface area contributed by atoms with E-state index < -0.39 is 47.2 Å². The summed E-state index contributed by atoms with van der Waals surface area (Å²) in [5, 5.41) is 38.9. The highest BCUT2D eigenvalue weighted by Crippen LogP contribution is 2.55. The first-order valence-electron chi connectivity index (χ1n) is 22.2. The fraction of sp³-hybridized carbons (Fsp3) is 0.460. The second kappa shape index (κ2) is 15.7. The number of nitrogens with one attached hydrogen (secondary N) is 2. The zero-order valence-electron chi connectivity index (χ0n) is 34.7. The van der Waals surface area contributed by atoms with Gasteiger partial charge in [-0.15, -0.1) is 0 Å². The molecule has 3 aliphatic carbocycles. The van der Waals surface area contributed by atoms with Crippen molar-refractivity contribution >= 4 is 38.3 Å². The summed E-state index contributed by atoms with van der Waals surface area (Å²) in [6.45, 7) is 2.68. The van der Waals surface area contributed by atoms with Gasteiger partial charge in [0.1, 0.15) is 18.0 Å². The van der Waals surface area contributed by atoms with Gasteiger partial charge in [-0.25, -0.2) is 0 Å². The Morgan fingerprint density at radius 1 is 1.06 bits per heavy atom. The van der Waals surface area contributed by atoms with Gasteiger partial charge >= 0.3 is 0 Å². The van der Waals surface area contributed by atoms with Crippen molar-refractivity contribution in [1.82, 2.24) is 14.9 Å². The van der Waals surface area contributed by atoms with Crippen molar-refractivity contribution in [2.75, 3.05) is 12.3 Å². The van der Waals surface area contributed by atoms with Crippen LogP contribution in [0.2, 0.25) is 0 Å². The first kappa shape index (κ1) is 40.4. The molecular formula is C50H52N4O6S2. The lowest BCUT2D eigenvalue weighted by molar-refractivity contribution is -0.122. The number of Topliss-reactive ketones (excluding diaryl/α,β-unsaturated/α-hetero) is 1. The molecule has 4 aromatic rings. The molecule has 10 nitrogen and oxygen atoms in total. The monoisotopic (exact) mass is 868 g/mol. The van der Waals surface area contributed by atoms with Crippen molar-refractivity contribution in [2.24, 2.45) is 28.9 Å². The number of hydrogen-bond donors (Lipinski definition) is 6. The Kier molecular flexibility index (Phi) is 10.2. The van der Waals surface area contributed by atoms with Crippen molar-refractivity contribution in [3.8, 4) is 35.4 Å². The summed E-state index contributed by atoms with van der Waals surface area (Å²) < 4.78 is 16.0. The molecule has 1 saturated carbocycles. The number of aromatic amines is 1. The van der Waals surface area contributed by atoms with E-state index in [2.05, 4.69) is 75.5 Å². The maximum atomic E-state index is 13.6. The summed E-state index contributed by atoms with van der Waals surface area (Å²) in [5.41, 5.74) is 14.0. The lowest BCUT2D eigenvalue weighted by Gasteiger charge is -2.45. The van der Waals surface area contributed by atoms with Crippen LogP contribution in [0.4, 0.5) is 0 Å². The number of ether oxygens (including phenoxy) is 2. The third-order valence-corrected chi connectivity index (χ3v) is 17.2. The van der Waals surface area contributed by atoms with E-state index in [4.69, 9.17) is 15.2 Å². The molecule has 8 aliphatic rings. The number of carbonyl (C=O) groups excluding carboxylic acids is 1. The van der Waals surface area contributed by atoms with E-state index in [1.54, 1.807) is 21.6 Å². The Balaban J connectivity index is 1.07. The molecule has 10 atom stereocenters. The lowest BCUT2D eigenvalue weighted by atomic mass is 9.65. The van der Waals surface area contributed by atoms with Gasteiger partial charge < -0.3 is 40.1 Å². The molecule has 2 spiro atoms. The van der Waals surface area contributed by atoms with Crippen molar-refractivity contribution in [2.45, 2.75) is 106 Å². The molecule has 12 rings (SSSR count). The van der Waals surface area contributed by atoms with Gasteiger partial charge in [-0.1, -0.05) is 102 Å². The number of ketones is 1. The molecule has 2 aromatic carbocycles. The second-order valence-electron chi connectivity index (χ2n) is 18.6. The predicted molar refractivity (Wildman–Crippen MR) is 242 cm³/mol. The fourth-order valence-corrected chi connectivity index (χ4v) is 14.1. The van der Waals surface area contributed by atoms with Crippen molar-refractivity contribution in [1.29, 1.82) is 0 Å². The molecule has 7 heterocycles. The summed E-state index contributed by atoms with van der Waals surface area (Å²) >= 11 is 0. The molecule has 10 bridgehead atoms. The SMILES string of the molecule is C[C@@H]1C=C[C@@H]([C@@H](O)CC(=O)CCc2ccc3c4c2CSSC[C@@]25C=C[C@H]6c7c(ccc(c72)[C@@H](N)NC5)[C@@H](O)C#C[C@H]([C@H](O4)n2cc4[nH]cc6c4c2)C2(C#CO3)CCCC2)[C@H](O)C1. The van der Waals surface area contributed by atoms with Gasteiger partial charge in [-0.2, -0.15) is 0 Å². The van der Waals surface area contributed by atoms with Crippen LogP contribution < -0.4 is 20.5 Å². The normalized spacial score (nSPS) is 31.4. The van der Waals surface area contributed by atoms with Gasteiger partial charge in [0.05, 0.1) is 35.2 Å². The molecule has 320 valence electrons. The van der Waals surface area contributed by atoms with Crippen LogP contribution in [-0.4, -0.2) is 55.2 Å². The largest absolute Gasteiger partial charge is 0.465 e. The smallest absolute Gasteiger partial charge is 0.191 e. The first-order chi connectivity index (χ1) is 30.1. The molecule has 1 fully saturated rings. The highest BCUT2D eigenvalue weighted by atomic mass is 33.1. The van der Waals surface area contributed by atoms with Crippen LogP contribution in [0.5, 0.6) is 11.5 Å². The van der Waals surface area contributed by atoms with Gasteiger partial charge in [0.15, 0.2) is 17.7 Å². The summed E-state index contributed by atoms with van der Waals surface area (Å²) in [5.74, 6) is 12.1. The average Bonchev–Trinajstić information content (AvgIpc) is 4.01. The highest BCUT2D eigenvalue weighted by molar-refractivity contribution is 8.76. The molecule has 0 radical (unpaired) electrons. The number of aliphatic hydroxyl groups is 3. The highest BCUT2D eigenvalue weighted by Gasteiger charge is 2.48. The number of rotatable bonds is 6. The van der Waals surface area contributed by atoms with E-state index in [1.165, 1.54) is 5.56 Å². The number of carbonyl (C=O) groups is 1. The summed E-state index contributed by atoms with van der Waals surface area (Å²) in [6.07, 6.45) is 19.2. The molecule has 12 heteroatoms. The van der Waals surface area contributed by atoms with Crippen molar-refractivity contribution < 1.29 is 29.6 Å². The number of allylic oxidation sites excluding steroid dienone is 2. The zero-order chi connectivity index (χ0) is 42.3. The predicted octanol–water partition coefficient (Wildman–Crippen LogP) is 7.35. The number of benzene rings is 2. The minimum Gasteiger partial charge on any atom is -0.465 e. The number of nitrogens with two attached hydrogens (primary N) is 1. The van der Waals surface area contributed by atoms with Crippen LogP contribution in [0.15, 0.2) is 67.2 Å². The number of aliphatic hydroxyl groups excluding tert-OH is 3. The number of aromatic nitrogens is 2. The summed E-state index contributed by atoms with van der Waals surface area (Å²) in [4.78, 5) is 17.2. The number of aryl methyl sites for hydroxylation is 1. The van der Waals surface area contributed by atoms with Gasteiger partial charge in [0.2, 0.25) is 0 Å². The molecule has 0 amide bonds. The maximum Gasteiger partial charge on any atom is 0.191 e.